The van der Waals surface area contributed by atoms with E-state index in [4.69, 9.17) is 19.0 Å². The molecule has 6 rings (SSSR count). The Kier molecular flexibility index (Phi) is 8.66. The van der Waals surface area contributed by atoms with Crippen LogP contribution in [0.5, 0.6) is 0 Å². The molecular formula is C36H53BN4O4. The molecule has 8 nitrogen and oxygen atoms in total. The molecular weight excluding hydrogens is 563 g/mol. The number of aryl methyl sites for hydroxylation is 1. The second-order valence-electron chi connectivity index (χ2n) is 15.2. The van der Waals surface area contributed by atoms with Gasteiger partial charge in [-0.1, -0.05) is 26.0 Å². The molecule has 3 aromatic rings. The van der Waals surface area contributed by atoms with Crippen molar-refractivity contribution < 1.29 is 19.2 Å². The Hall–Kier alpha value is -2.43. The van der Waals surface area contributed by atoms with Crippen LogP contribution in [0.1, 0.15) is 85.6 Å². The van der Waals surface area contributed by atoms with Gasteiger partial charge in [-0.3, -0.25) is 9.88 Å². The molecule has 45 heavy (non-hydrogen) atoms. The van der Waals surface area contributed by atoms with Crippen molar-refractivity contribution in [2.45, 2.75) is 105 Å². The molecule has 1 atom stereocenters. The van der Waals surface area contributed by atoms with E-state index < -0.39 is 18.3 Å². The smallest absolute Gasteiger partial charge is 0.399 e. The summed E-state index contributed by atoms with van der Waals surface area (Å²) in [5, 5.41) is 11.6. The third-order valence-corrected chi connectivity index (χ3v) is 10.8. The van der Waals surface area contributed by atoms with E-state index in [9.17, 15) is 5.11 Å². The molecule has 4 heterocycles. The molecule has 0 bridgehead atoms. The fourth-order valence-corrected chi connectivity index (χ4v) is 6.96. The second-order valence-corrected chi connectivity index (χ2v) is 15.2. The van der Waals surface area contributed by atoms with Crippen molar-refractivity contribution in [3.8, 4) is 11.3 Å². The third-order valence-electron chi connectivity index (χ3n) is 10.8. The number of aliphatic hydroxyl groups is 1. The number of aromatic nitrogens is 2. The summed E-state index contributed by atoms with van der Waals surface area (Å²) in [4.78, 5) is 10.2. The van der Waals surface area contributed by atoms with Crippen molar-refractivity contribution in [2.75, 3.05) is 44.8 Å². The van der Waals surface area contributed by atoms with E-state index in [0.29, 0.717) is 6.42 Å². The number of methoxy groups -OCH3 is 1. The number of anilines is 1. The van der Waals surface area contributed by atoms with Crippen molar-refractivity contribution in [3.05, 3.63) is 41.7 Å². The monoisotopic (exact) mass is 616 g/mol. The lowest BCUT2D eigenvalue weighted by atomic mass is 9.77. The fraction of sp³-hybridized carbons (Fsp3) is 0.639. The summed E-state index contributed by atoms with van der Waals surface area (Å²) < 4.78 is 21.3. The number of benzene rings is 1. The summed E-state index contributed by atoms with van der Waals surface area (Å²) in [5.74, 6) is 0. The average Bonchev–Trinajstić information content (AvgIpc) is 3.79. The van der Waals surface area contributed by atoms with E-state index in [0.717, 1.165) is 72.4 Å². The van der Waals surface area contributed by atoms with Gasteiger partial charge in [0, 0.05) is 68.9 Å². The topological polar surface area (TPSA) is 72.2 Å². The maximum atomic E-state index is 10.5. The Labute approximate surface area is 270 Å². The fourth-order valence-electron chi connectivity index (χ4n) is 6.96. The molecule has 3 fully saturated rings. The molecule has 1 saturated carbocycles. The first-order chi connectivity index (χ1) is 21.3. The molecule has 0 amide bonds. The van der Waals surface area contributed by atoms with Crippen LogP contribution in [0.2, 0.25) is 0 Å². The van der Waals surface area contributed by atoms with Crippen molar-refractivity contribution in [2.24, 2.45) is 5.41 Å². The Balaban J connectivity index is 1.51. The minimum absolute atomic E-state index is 0.0903. The quantitative estimate of drug-likeness (QED) is 0.299. The van der Waals surface area contributed by atoms with Crippen LogP contribution in [0.3, 0.4) is 0 Å². The highest BCUT2D eigenvalue weighted by Gasteiger charge is 2.51. The molecule has 2 aromatic heterocycles. The minimum Gasteiger partial charge on any atom is -0.399 e. The number of ether oxygens (including phenoxy) is 1. The first-order valence-electron chi connectivity index (χ1n) is 16.9. The zero-order valence-electron chi connectivity index (χ0n) is 28.9. The van der Waals surface area contributed by atoms with Gasteiger partial charge in [-0.15, -0.1) is 0 Å². The number of nitrogens with zero attached hydrogens (tertiary/aromatic N) is 4. The van der Waals surface area contributed by atoms with E-state index in [1.54, 1.807) is 7.11 Å². The largest absolute Gasteiger partial charge is 0.494 e. The van der Waals surface area contributed by atoms with Crippen LogP contribution in [-0.2, 0) is 27.0 Å². The van der Waals surface area contributed by atoms with E-state index in [1.165, 1.54) is 23.8 Å². The van der Waals surface area contributed by atoms with Crippen LogP contribution < -0.4 is 10.4 Å². The molecule has 0 radical (unpaired) electrons. The number of pyridine rings is 1. The lowest BCUT2D eigenvalue weighted by Crippen LogP contribution is -2.47. The number of fused-ring (bicyclic) bond motifs is 1. The zero-order valence-corrected chi connectivity index (χ0v) is 28.9. The van der Waals surface area contributed by atoms with Gasteiger partial charge in [-0.25, -0.2) is 0 Å². The Morgan fingerprint density at radius 3 is 2.31 bits per heavy atom. The number of rotatable bonds is 10. The van der Waals surface area contributed by atoms with Gasteiger partial charge in [-0.2, -0.15) is 0 Å². The molecule has 1 aliphatic carbocycles. The van der Waals surface area contributed by atoms with Gasteiger partial charge in [0.15, 0.2) is 0 Å². The van der Waals surface area contributed by atoms with Crippen molar-refractivity contribution in [1.29, 1.82) is 0 Å². The molecule has 1 N–H and O–H groups in total. The predicted octanol–water partition coefficient (Wildman–Crippen LogP) is 5.58. The lowest BCUT2D eigenvalue weighted by molar-refractivity contribution is 0.00578. The molecule has 2 aliphatic heterocycles. The summed E-state index contributed by atoms with van der Waals surface area (Å²) >= 11 is 0. The summed E-state index contributed by atoms with van der Waals surface area (Å²) in [5.41, 5.74) is 6.58. The van der Waals surface area contributed by atoms with Crippen LogP contribution in [-0.4, -0.2) is 83.8 Å². The van der Waals surface area contributed by atoms with Gasteiger partial charge >= 0.3 is 7.12 Å². The molecule has 1 aromatic carbocycles. The Morgan fingerprint density at radius 2 is 1.73 bits per heavy atom. The molecule has 0 unspecified atom stereocenters. The van der Waals surface area contributed by atoms with Crippen LogP contribution in [0.25, 0.3) is 22.2 Å². The van der Waals surface area contributed by atoms with E-state index in [1.807, 2.05) is 6.20 Å². The van der Waals surface area contributed by atoms with Crippen molar-refractivity contribution in [3.63, 3.8) is 0 Å². The minimum atomic E-state index is -0.449. The summed E-state index contributed by atoms with van der Waals surface area (Å²) in [6.45, 7) is 22.0. The van der Waals surface area contributed by atoms with E-state index in [2.05, 4.69) is 94.0 Å². The van der Waals surface area contributed by atoms with Crippen molar-refractivity contribution in [1.82, 2.24) is 14.5 Å². The van der Waals surface area contributed by atoms with E-state index >= 15 is 0 Å². The van der Waals surface area contributed by atoms with Gasteiger partial charge in [0.25, 0.3) is 0 Å². The number of hydrogen-bond donors (Lipinski definition) is 1. The van der Waals surface area contributed by atoms with Crippen LogP contribution >= 0.6 is 0 Å². The van der Waals surface area contributed by atoms with Gasteiger partial charge in [0.1, 0.15) is 0 Å². The molecule has 2 saturated heterocycles. The van der Waals surface area contributed by atoms with Gasteiger partial charge in [0.05, 0.1) is 40.6 Å². The molecule has 9 heteroatoms. The predicted molar refractivity (Wildman–Crippen MR) is 183 cm³/mol. The highest BCUT2D eigenvalue weighted by Crippen LogP contribution is 2.42. The second kappa shape index (κ2) is 12.0. The normalized spacial score (nSPS) is 21.2. The molecule has 0 spiro atoms. The lowest BCUT2D eigenvalue weighted by Gasteiger charge is -2.36. The highest BCUT2D eigenvalue weighted by atomic mass is 16.7. The summed E-state index contributed by atoms with van der Waals surface area (Å²) in [6.07, 6.45) is 5.26. The summed E-state index contributed by atoms with van der Waals surface area (Å²) in [6, 6.07) is 9.75. The molecule has 244 valence electrons. The average molecular weight is 617 g/mol. The van der Waals surface area contributed by atoms with Crippen LogP contribution in [0, 0.1) is 5.41 Å². The third kappa shape index (κ3) is 6.07. The SMILES string of the molecule is CCn1c(-c2cc(N3CCN(C4CC4)CC3)cnc2[C@H](C)OC)c(CC(C)(C)CO)c2cc(B3OC(C)(C)C(C)(C)O3)ccc21. The number of aliphatic hydroxyl groups excluding tert-OH is 1. The zero-order chi connectivity index (χ0) is 32.3. The first-order valence-corrected chi connectivity index (χ1v) is 16.9. The van der Waals surface area contributed by atoms with Gasteiger partial charge < -0.3 is 28.6 Å². The maximum absolute atomic E-state index is 10.5. The Bertz CT molecular complexity index is 1520. The highest BCUT2D eigenvalue weighted by molar-refractivity contribution is 6.62. The standard InChI is InChI=1S/C36H53BN4O4/c1-10-41-31-14-11-25(37-44-35(5,6)36(7,8)45-37)19-28(31)30(21-34(3,4)23-42)33(41)29-20-27(22-38-32(29)24(2)43-9)40-17-15-39(16-18-40)26-12-13-26/h11,14,19-20,22,24,26,42H,10,12-13,15-18,21,23H2,1-9H3/t24-/m0/s1. The number of piperazine rings is 1. The van der Waals surface area contributed by atoms with Crippen LogP contribution in [0.4, 0.5) is 5.69 Å². The van der Waals surface area contributed by atoms with Gasteiger partial charge in [-0.05, 0) is 89.4 Å². The number of hydrogen-bond acceptors (Lipinski definition) is 7. The molecule has 3 aliphatic rings. The first kappa shape index (κ1) is 32.5. The maximum Gasteiger partial charge on any atom is 0.494 e. The summed E-state index contributed by atoms with van der Waals surface area (Å²) in [7, 11) is 1.30. The van der Waals surface area contributed by atoms with Gasteiger partial charge in [0.2, 0.25) is 0 Å². The van der Waals surface area contributed by atoms with Crippen LogP contribution in [0.15, 0.2) is 30.5 Å². The van der Waals surface area contributed by atoms with Crippen molar-refractivity contribution >= 4 is 29.2 Å². The Morgan fingerprint density at radius 1 is 1.07 bits per heavy atom. The van der Waals surface area contributed by atoms with E-state index in [-0.39, 0.29) is 18.1 Å².